The van der Waals surface area contributed by atoms with Gasteiger partial charge in [0.1, 0.15) is 11.4 Å². The lowest BCUT2D eigenvalue weighted by atomic mass is 9.96. The molecule has 1 aliphatic rings. The van der Waals surface area contributed by atoms with Crippen LogP contribution in [-0.2, 0) is 0 Å². The van der Waals surface area contributed by atoms with E-state index in [-0.39, 0.29) is 28.8 Å². The number of ether oxygens (including phenoxy) is 2. The molecular formula is C22H22N2O4. The summed E-state index contributed by atoms with van der Waals surface area (Å²) in [7, 11) is 3.09. The number of hydrogen-bond acceptors (Lipinski definition) is 4. The van der Waals surface area contributed by atoms with Crippen molar-refractivity contribution in [3.8, 4) is 11.5 Å². The van der Waals surface area contributed by atoms with Crippen LogP contribution in [0.1, 0.15) is 34.9 Å². The third-order valence-electron chi connectivity index (χ3n) is 5.34. The number of hydrogen-bond donors (Lipinski definition) is 1. The number of pyridine rings is 1. The first kappa shape index (κ1) is 18.1. The zero-order valence-corrected chi connectivity index (χ0v) is 15.9. The number of likely N-dealkylation sites (tertiary alicyclic amines) is 1. The molecule has 1 fully saturated rings. The molecule has 2 aromatic carbocycles. The summed E-state index contributed by atoms with van der Waals surface area (Å²) in [6.07, 6.45) is 3.23. The maximum Gasteiger partial charge on any atom is 0.270 e. The first-order chi connectivity index (χ1) is 13.6. The lowest BCUT2D eigenvalue weighted by Gasteiger charge is -2.26. The van der Waals surface area contributed by atoms with Gasteiger partial charge in [-0.15, -0.1) is 0 Å². The summed E-state index contributed by atoms with van der Waals surface area (Å²) in [5.41, 5.74) is 1.06. The zero-order valence-electron chi connectivity index (χ0n) is 15.9. The highest BCUT2D eigenvalue weighted by Crippen LogP contribution is 2.39. The van der Waals surface area contributed by atoms with Crippen molar-refractivity contribution >= 4 is 16.7 Å². The standard InChI is InChI=1S/C22H22N2O4/c1-27-20-10-9-15(14-6-3-4-7-16(14)20)18-8-5-11-24(18)22(26)17-12-19(25)21(28-2)13-23-17/h3-4,6-7,9-10,12-13,18H,5,8,11H2,1-2H3,(H,23,25)/t18-/m1/s1. The second-order valence-electron chi connectivity index (χ2n) is 6.84. The minimum atomic E-state index is -0.310. The minimum Gasteiger partial charge on any atom is -0.496 e. The Morgan fingerprint density at radius 3 is 2.54 bits per heavy atom. The van der Waals surface area contributed by atoms with E-state index in [2.05, 4.69) is 11.1 Å². The Bertz CT molecular complexity index is 1090. The second kappa shape index (κ2) is 7.38. The second-order valence-corrected chi connectivity index (χ2v) is 6.84. The Balaban J connectivity index is 1.73. The van der Waals surface area contributed by atoms with Crippen LogP contribution in [-0.4, -0.2) is 36.6 Å². The Kier molecular flexibility index (Phi) is 4.77. The highest BCUT2D eigenvalue weighted by Gasteiger charge is 2.32. The molecule has 1 aromatic heterocycles. The van der Waals surface area contributed by atoms with Crippen LogP contribution >= 0.6 is 0 Å². The summed E-state index contributed by atoms with van der Waals surface area (Å²) in [5, 5.41) is 2.11. The van der Waals surface area contributed by atoms with E-state index in [1.165, 1.54) is 19.4 Å². The average Bonchev–Trinajstić information content (AvgIpc) is 3.21. The number of rotatable bonds is 4. The van der Waals surface area contributed by atoms with Gasteiger partial charge in [-0.2, -0.15) is 0 Å². The van der Waals surface area contributed by atoms with Crippen LogP contribution in [0, 0.1) is 0 Å². The SMILES string of the molecule is COc1c[nH]c(C(=O)N2CCC[C@@H]2c2ccc(OC)c3ccccc23)cc1=O. The number of aromatic nitrogens is 1. The molecule has 144 valence electrons. The fraction of sp³-hybridized carbons (Fsp3) is 0.273. The number of amides is 1. The molecule has 4 rings (SSSR count). The number of fused-ring (bicyclic) bond motifs is 1. The van der Waals surface area contributed by atoms with Crippen molar-refractivity contribution in [2.75, 3.05) is 20.8 Å². The third-order valence-corrected chi connectivity index (χ3v) is 5.34. The van der Waals surface area contributed by atoms with E-state index in [0.29, 0.717) is 6.54 Å². The lowest BCUT2D eigenvalue weighted by molar-refractivity contribution is 0.0730. The fourth-order valence-corrected chi connectivity index (χ4v) is 3.99. The molecule has 28 heavy (non-hydrogen) atoms. The molecule has 1 saturated heterocycles. The summed E-state index contributed by atoms with van der Waals surface area (Å²) >= 11 is 0. The van der Waals surface area contributed by atoms with Gasteiger partial charge in [-0.05, 0) is 29.9 Å². The maximum absolute atomic E-state index is 13.1. The Morgan fingerprint density at radius 1 is 1.07 bits per heavy atom. The van der Waals surface area contributed by atoms with Crippen LogP contribution in [0.25, 0.3) is 10.8 Å². The van der Waals surface area contributed by atoms with Crippen LogP contribution < -0.4 is 14.9 Å². The smallest absolute Gasteiger partial charge is 0.270 e. The van der Waals surface area contributed by atoms with Crippen LogP contribution in [0.5, 0.6) is 11.5 Å². The summed E-state index contributed by atoms with van der Waals surface area (Å²) in [6.45, 7) is 0.651. The molecule has 3 aromatic rings. The van der Waals surface area contributed by atoms with E-state index in [4.69, 9.17) is 9.47 Å². The van der Waals surface area contributed by atoms with Crippen molar-refractivity contribution in [1.82, 2.24) is 9.88 Å². The number of methoxy groups -OCH3 is 2. The largest absolute Gasteiger partial charge is 0.496 e. The quantitative estimate of drug-likeness (QED) is 0.754. The topological polar surface area (TPSA) is 71.6 Å². The Morgan fingerprint density at radius 2 is 1.82 bits per heavy atom. The lowest BCUT2D eigenvalue weighted by Crippen LogP contribution is -2.32. The van der Waals surface area contributed by atoms with Crippen LogP contribution in [0.2, 0.25) is 0 Å². The van der Waals surface area contributed by atoms with Crippen molar-refractivity contribution in [2.45, 2.75) is 18.9 Å². The molecule has 0 bridgehead atoms. The molecule has 0 unspecified atom stereocenters. The first-order valence-electron chi connectivity index (χ1n) is 9.27. The minimum absolute atomic E-state index is 0.0473. The summed E-state index contributed by atoms with van der Waals surface area (Å²) in [4.78, 5) is 29.9. The van der Waals surface area contributed by atoms with Gasteiger partial charge in [0.2, 0.25) is 5.43 Å². The predicted molar refractivity (Wildman–Crippen MR) is 107 cm³/mol. The average molecular weight is 378 g/mol. The number of benzene rings is 2. The van der Waals surface area contributed by atoms with Gasteiger partial charge >= 0.3 is 0 Å². The monoisotopic (exact) mass is 378 g/mol. The van der Waals surface area contributed by atoms with Crippen LogP contribution in [0.3, 0.4) is 0 Å². The van der Waals surface area contributed by atoms with Crippen molar-refractivity contribution in [3.05, 3.63) is 70.1 Å². The molecule has 2 heterocycles. The number of carbonyl (C=O) groups excluding carboxylic acids is 1. The molecule has 1 amide bonds. The molecule has 1 atom stereocenters. The fourth-order valence-electron chi connectivity index (χ4n) is 3.99. The number of H-pyrrole nitrogens is 1. The number of nitrogens with zero attached hydrogens (tertiary/aromatic N) is 1. The molecule has 1 aliphatic heterocycles. The van der Waals surface area contributed by atoms with Gasteiger partial charge in [-0.3, -0.25) is 9.59 Å². The van der Waals surface area contributed by atoms with Crippen LogP contribution in [0.4, 0.5) is 0 Å². The molecular weight excluding hydrogens is 356 g/mol. The predicted octanol–water partition coefficient (Wildman–Crippen LogP) is 3.52. The van der Waals surface area contributed by atoms with E-state index >= 15 is 0 Å². The Labute approximate surface area is 162 Å². The first-order valence-corrected chi connectivity index (χ1v) is 9.27. The van der Waals surface area contributed by atoms with Gasteiger partial charge in [0, 0.05) is 24.2 Å². The van der Waals surface area contributed by atoms with E-state index in [1.807, 2.05) is 35.2 Å². The normalized spacial score (nSPS) is 16.4. The number of carbonyl (C=O) groups is 1. The van der Waals surface area contributed by atoms with Crippen molar-refractivity contribution in [1.29, 1.82) is 0 Å². The Hall–Kier alpha value is -3.28. The van der Waals surface area contributed by atoms with Gasteiger partial charge in [0.25, 0.3) is 5.91 Å². The van der Waals surface area contributed by atoms with Crippen molar-refractivity contribution in [3.63, 3.8) is 0 Å². The van der Waals surface area contributed by atoms with Gasteiger partial charge in [-0.25, -0.2) is 0 Å². The molecule has 0 spiro atoms. The molecule has 0 saturated carbocycles. The summed E-state index contributed by atoms with van der Waals surface area (Å²) in [5.74, 6) is 0.826. The van der Waals surface area contributed by atoms with Crippen molar-refractivity contribution < 1.29 is 14.3 Å². The highest BCUT2D eigenvalue weighted by atomic mass is 16.5. The van der Waals surface area contributed by atoms with E-state index in [0.717, 1.165) is 34.9 Å². The molecule has 6 heteroatoms. The number of nitrogens with one attached hydrogen (secondary N) is 1. The highest BCUT2D eigenvalue weighted by molar-refractivity contribution is 5.95. The summed E-state index contributed by atoms with van der Waals surface area (Å²) < 4.78 is 10.5. The van der Waals surface area contributed by atoms with Gasteiger partial charge in [0.05, 0.1) is 20.3 Å². The molecule has 1 N–H and O–H groups in total. The maximum atomic E-state index is 13.1. The van der Waals surface area contributed by atoms with E-state index < -0.39 is 0 Å². The number of aromatic amines is 1. The van der Waals surface area contributed by atoms with E-state index in [9.17, 15) is 9.59 Å². The van der Waals surface area contributed by atoms with Gasteiger partial charge < -0.3 is 19.4 Å². The van der Waals surface area contributed by atoms with E-state index in [1.54, 1.807) is 7.11 Å². The third kappa shape index (κ3) is 3.01. The molecule has 0 radical (unpaired) electrons. The van der Waals surface area contributed by atoms with Crippen molar-refractivity contribution in [2.24, 2.45) is 0 Å². The van der Waals surface area contributed by atoms with Crippen LogP contribution in [0.15, 0.2) is 53.5 Å². The summed E-state index contributed by atoms with van der Waals surface area (Å²) in [6, 6.07) is 13.3. The molecule has 6 nitrogen and oxygen atoms in total. The van der Waals surface area contributed by atoms with Gasteiger partial charge in [0.15, 0.2) is 5.75 Å². The van der Waals surface area contributed by atoms with Gasteiger partial charge in [-0.1, -0.05) is 30.3 Å². The zero-order chi connectivity index (χ0) is 19.7. The molecule has 0 aliphatic carbocycles.